The molecule has 0 radical (unpaired) electrons. The molecular weight excluding hydrogens is 332 g/mol. The summed E-state index contributed by atoms with van der Waals surface area (Å²) in [5, 5.41) is 6.69. The summed E-state index contributed by atoms with van der Waals surface area (Å²) in [6, 6.07) is 1.85. The van der Waals surface area contributed by atoms with Crippen LogP contribution in [0.15, 0.2) is 10.6 Å². The van der Waals surface area contributed by atoms with Gasteiger partial charge in [0.05, 0.1) is 11.1 Å². The first-order valence-corrected chi connectivity index (χ1v) is 9.37. The summed E-state index contributed by atoms with van der Waals surface area (Å²) in [6.07, 6.45) is 0.767. The van der Waals surface area contributed by atoms with Crippen LogP contribution in [0.2, 0.25) is 0 Å². The van der Waals surface area contributed by atoms with E-state index in [1.165, 1.54) is 18.4 Å². The molecule has 0 aromatic carbocycles. The first kappa shape index (κ1) is 18.9. The van der Waals surface area contributed by atoms with Gasteiger partial charge in [-0.1, -0.05) is 19.0 Å². The van der Waals surface area contributed by atoms with E-state index in [-0.39, 0.29) is 18.4 Å². The van der Waals surface area contributed by atoms with Crippen molar-refractivity contribution < 1.29 is 17.7 Å². The van der Waals surface area contributed by atoms with Gasteiger partial charge in [0.25, 0.3) is 10.2 Å². The van der Waals surface area contributed by atoms with Gasteiger partial charge in [-0.3, -0.25) is 4.79 Å². The maximum absolute atomic E-state index is 12.5. The lowest BCUT2D eigenvalue weighted by atomic mass is 9.81. The van der Waals surface area contributed by atoms with Crippen LogP contribution in [-0.4, -0.2) is 62.3 Å². The van der Waals surface area contributed by atoms with Crippen LogP contribution in [0.3, 0.4) is 0 Å². The largest absolute Gasteiger partial charge is 0.361 e. The van der Waals surface area contributed by atoms with Crippen molar-refractivity contribution >= 4 is 16.1 Å². The van der Waals surface area contributed by atoms with E-state index in [1.807, 2.05) is 19.9 Å². The Morgan fingerprint density at radius 1 is 1.50 bits per heavy atom. The molecule has 2 heterocycles. The number of nitrogens with zero attached hydrogens (tertiary/aromatic N) is 3. The molecular formula is C15H26N4O4S. The summed E-state index contributed by atoms with van der Waals surface area (Å²) in [7, 11) is 0.987. The number of carbonyl (C=O) groups excluding carboxylic acids is 1. The van der Waals surface area contributed by atoms with Gasteiger partial charge < -0.3 is 9.84 Å². The van der Waals surface area contributed by atoms with Crippen molar-refractivity contribution in [2.24, 2.45) is 5.41 Å². The van der Waals surface area contributed by atoms with Gasteiger partial charge in [-0.25, -0.2) is 0 Å². The number of rotatable bonds is 6. The van der Waals surface area contributed by atoms with Crippen molar-refractivity contribution in [2.45, 2.75) is 32.6 Å². The highest BCUT2D eigenvalue weighted by atomic mass is 32.2. The minimum atomic E-state index is -3.55. The maximum atomic E-state index is 12.5. The third-order valence-corrected chi connectivity index (χ3v) is 6.38. The average molecular weight is 358 g/mol. The quantitative estimate of drug-likeness (QED) is 0.803. The van der Waals surface area contributed by atoms with E-state index < -0.39 is 15.6 Å². The molecule has 1 aliphatic rings. The molecule has 1 fully saturated rings. The Hall–Kier alpha value is -1.45. The zero-order chi connectivity index (χ0) is 18.1. The Morgan fingerprint density at radius 3 is 2.67 bits per heavy atom. The first-order chi connectivity index (χ1) is 11.1. The molecule has 24 heavy (non-hydrogen) atoms. The summed E-state index contributed by atoms with van der Waals surface area (Å²) in [5.74, 6) is 0.653. The average Bonchev–Trinajstić information content (AvgIpc) is 3.15. The molecule has 1 aromatic heterocycles. The fourth-order valence-corrected chi connectivity index (χ4v) is 4.15. The Bertz CT molecular complexity index is 698. The lowest BCUT2D eigenvalue weighted by Gasteiger charge is -2.27. The second-order valence-electron chi connectivity index (χ2n) is 6.78. The van der Waals surface area contributed by atoms with Crippen LogP contribution in [0.1, 0.15) is 37.6 Å². The van der Waals surface area contributed by atoms with E-state index in [9.17, 15) is 13.2 Å². The molecule has 9 heteroatoms. The van der Waals surface area contributed by atoms with Crippen molar-refractivity contribution in [1.29, 1.82) is 0 Å². The van der Waals surface area contributed by atoms with Crippen molar-refractivity contribution in [3.63, 3.8) is 0 Å². The van der Waals surface area contributed by atoms with Crippen LogP contribution >= 0.6 is 0 Å². The Morgan fingerprint density at radius 2 is 2.17 bits per heavy atom. The van der Waals surface area contributed by atoms with Gasteiger partial charge in [0, 0.05) is 46.7 Å². The molecule has 0 bridgehead atoms. The van der Waals surface area contributed by atoms with Gasteiger partial charge in [-0.05, 0) is 12.3 Å². The Balaban J connectivity index is 2.27. The lowest BCUT2D eigenvalue weighted by molar-refractivity contribution is -0.130. The zero-order valence-electron chi connectivity index (χ0n) is 14.9. The van der Waals surface area contributed by atoms with Gasteiger partial charge >= 0.3 is 0 Å². The lowest BCUT2D eigenvalue weighted by Crippen LogP contribution is -2.45. The Kier molecular flexibility index (Phi) is 5.36. The van der Waals surface area contributed by atoms with E-state index in [0.29, 0.717) is 25.1 Å². The third-order valence-electron chi connectivity index (χ3n) is 4.50. The highest BCUT2D eigenvalue weighted by Gasteiger charge is 2.48. The van der Waals surface area contributed by atoms with Crippen LogP contribution in [0.25, 0.3) is 0 Å². The number of amides is 1. The second-order valence-corrected chi connectivity index (χ2v) is 8.93. The molecule has 0 aliphatic carbocycles. The molecule has 1 aromatic rings. The molecule has 1 aliphatic heterocycles. The predicted molar refractivity (Wildman–Crippen MR) is 89.6 cm³/mol. The SMILES string of the molecule is CNC(=O)[C@]1(Cc2cc(C(C)C)no2)CCN(S(=O)(=O)N(C)C)C1. The van der Waals surface area contributed by atoms with E-state index >= 15 is 0 Å². The fraction of sp³-hybridized carbons (Fsp3) is 0.733. The number of hydrogen-bond donors (Lipinski definition) is 1. The van der Waals surface area contributed by atoms with Gasteiger partial charge in [-0.2, -0.15) is 17.0 Å². The van der Waals surface area contributed by atoms with Gasteiger partial charge in [0.2, 0.25) is 5.91 Å². The summed E-state index contributed by atoms with van der Waals surface area (Å²) < 4.78 is 32.6. The van der Waals surface area contributed by atoms with Crippen molar-refractivity contribution in [2.75, 3.05) is 34.2 Å². The number of hydrogen-bond acceptors (Lipinski definition) is 5. The first-order valence-electron chi connectivity index (χ1n) is 7.97. The topological polar surface area (TPSA) is 95.7 Å². The molecule has 136 valence electrons. The van der Waals surface area contributed by atoms with Crippen LogP contribution < -0.4 is 5.32 Å². The third kappa shape index (κ3) is 3.47. The van der Waals surface area contributed by atoms with E-state index in [1.54, 1.807) is 7.05 Å². The van der Waals surface area contributed by atoms with Crippen molar-refractivity contribution in [3.05, 3.63) is 17.5 Å². The van der Waals surface area contributed by atoms with Crippen molar-refractivity contribution in [1.82, 2.24) is 19.1 Å². The smallest absolute Gasteiger partial charge is 0.281 e. The van der Waals surface area contributed by atoms with E-state index in [2.05, 4.69) is 10.5 Å². The summed E-state index contributed by atoms with van der Waals surface area (Å²) in [5.41, 5.74) is -0.0150. The van der Waals surface area contributed by atoms with E-state index in [4.69, 9.17) is 4.52 Å². The van der Waals surface area contributed by atoms with Crippen LogP contribution in [-0.2, 0) is 21.4 Å². The standard InChI is InChI=1S/C15H26N4O4S/c1-11(2)13-8-12(23-17-13)9-15(14(20)16-3)6-7-19(10-15)24(21,22)18(4)5/h8,11H,6-7,9-10H2,1-5H3,(H,16,20)/t15-/m0/s1. The number of aromatic nitrogens is 1. The Labute approximate surface area is 143 Å². The number of carbonyl (C=O) groups is 1. The molecule has 1 amide bonds. The normalized spacial score (nSPS) is 22.5. The molecule has 2 rings (SSSR count). The van der Waals surface area contributed by atoms with Crippen LogP contribution in [0.5, 0.6) is 0 Å². The maximum Gasteiger partial charge on any atom is 0.281 e. The minimum Gasteiger partial charge on any atom is -0.361 e. The second kappa shape index (κ2) is 6.81. The minimum absolute atomic E-state index is 0.130. The highest BCUT2D eigenvalue weighted by molar-refractivity contribution is 7.86. The summed E-state index contributed by atoms with van der Waals surface area (Å²) >= 11 is 0. The monoisotopic (exact) mass is 358 g/mol. The molecule has 8 nitrogen and oxygen atoms in total. The zero-order valence-corrected chi connectivity index (χ0v) is 15.7. The molecule has 0 saturated carbocycles. The van der Waals surface area contributed by atoms with E-state index in [0.717, 1.165) is 10.00 Å². The van der Waals surface area contributed by atoms with Gasteiger partial charge in [0.1, 0.15) is 5.76 Å². The molecule has 1 atom stereocenters. The summed E-state index contributed by atoms with van der Waals surface area (Å²) in [4.78, 5) is 12.5. The van der Waals surface area contributed by atoms with Crippen molar-refractivity contribution in [3.8, 4) is 0 Å². The van der Waals surface area contributed by atoms with Crippen LogP contribution in [0, 0.1) is 5.41 Å². The van der Waals surface area contributed by atoms with Gasteiger partial charge in [0.15, 0.2) is 0 Å². The predicted octanol–water partition coefficient (Wildman–Crippen LogP) is 0.585. The molecule has 1 saturated heterocycles. The molecule has 1 N–H and O–H groups in total. The van der Waals surface area contributed by atoms with Crippen LogP contribution in [0.4, 0.5) is 0 Å². The molecule has 0 unspecified atom stereocenters. The molecule has 0 spiro atoms. The number of nitrogens with one attached hydrogen (secondary N) is 1. The summed E-state index contributed by atoms with van der Waals surface area (Å²) in [6.45, 7) is 4.46. The highest BCUT2D eigenvalue weighted by Crippen LogP contribution is 2.36. The van der Waals surface area contributed by atoms with Gasteiger partial charge in [-0.15, -0.1) is 0 Å². The fourth-order valence-electron chi connectivity index (χ4n) is 2.96.